The van der Waals surface area contributed by atoms with Gasteiger partial charge < -0.3 is 10.2 Å². The van der Waals surface area contributed by atoms with Gasteiger partial charge in [-0.3, -0.25) is 9.48 Å². The lowest BCUT2D eigenvalue weighted by atomic mass is 9.89. The molecule has 1 amide bonds. The van der Waals surface area contributed by atoms with E-state index < -0.39 is 11.6 Å². The quantitative estimate of drug-likeness (QED) is 0.675. The Hall–Kier alpha value is -2.80. The second-order valence-electron chi connectivity index (χ2n) is 9.79. The number of aryl methyl sites for hydroxylation is 1. The number of carbonyl (C=O) groups is 1. The summed E-state index contributed by atoms with van der Waals surface area (Å²) in [5.41, 5.74) is 0.332. The number of piperidine rings is 1. The Morgan fingerprint density at radius 1 is 1.13 bits per heavy atom. The Bertz CT molecular complexity index is 1090. The van der Waals surface area contributed by atoms with E-state index in [-0.39, 0.29) is 18.3 Å². The SMILES string of the molecule is Cn1cc(-c2ccc3cnc(NC(=O)C4(F)CCN(CC(C)(C)C)CC4)cc3c2)cn1. The fourth-order valence-corrected chi connectivity index (χ4v) is 4.15. The van der Waals surface area contributed by atoms with E-state index in [1.165, 1.54) is 0 Å². The maximum atomic E-state index is 15.4. The molecule has 164 valence electrons. The maximum Gasteiger partial charge on any atom is 0.263 e. The van der Waals surface area contributed by atoms with Crippen molar-refractivity contribution >= 4 is 22.5 Å². The largest absolute Gasteiger partial charge is 0.308 e. The van der Waals surface area contributed by atoms with Crippen molar-refractivity contribution in [3.63, 3.8) is 0 Å². The van der Waals surface area contributed by atoms with E-state index in [0.29, 0.717) is 18.9 Å². The van der Waals surface area contributed by atoms with Crippen LogP contribution in [0.5, 0.6) is 0 Å². The molecule has 1 N–H and O–H groups in total. The van der Waals surface area contributed by atoms with E-state index in [9.17, 15) is 4.79 Å². The number of hydrogen-bond donors (Lipinski definition) is 1. The number of rotatable bonds is 4. The second-order valence-corrected chi connectivity index (χ2v) is 9.79. The van der Waals surface area contributed by atoms with Crippen molar-refractivity contribution in [2.24, 2.45) is 12.5 Å². The number of amides is 1. The number of halogens is 1. The van der Waals surface area contributed by atoms with Crippen LogP contribution in [0.3, 0.4) is 0 Å². The molecule has 2 aromatic heterocycles. The van der Waals surface area contributed by atoms with Crippen LogP contribution in [0, 0.1) is 5.41 Å². The molecule has 0 bridgehead atoms. The monoisotopic (exact) mass is 423 g/mol. The Balaban J connectivity index is 1.47. The van der Waals surface area contributed by atoms with Gasteiger partial charge in [0.1, 0.15) is 5.82 Å². The molecule has 3 heterocycles. The van der Waals surface area contributed by atoms with Crippen molar-refractivity contribution < 1.29 is 9.18 Å². The molecule has 0 aliphatic carbocycles. The van der Waals surface area contributed by atoms with E-state index in [4.69, 9.17) is 0 Å². The fraction of sp³-hybridized carbons (Fsp3) is 0.458. The molecule has 1 aliphatic heterocycles. The molecule has 1 saturated heterocycles. The molecule has 0 atom stereocenters. The number of nitrogens with zero attached hydrogens (tertiary/aromatic N) is 4. The lowest BCUT2D eigenvalue weighted by molar-refractivity contribution is -0.130. The van der Waals surface area contributed by atoms with Gasteiger partial charge in [-0.2, -0.15) is 5.10 Å². The molecular formula is C24H30FN5O. The van der Waals surface area contributed by atoms with Gasteiger partial charge in [0, 0.05) is 62.9 Å². The summed E-state index contributed by atoms with van der Waals surface area (Å²) >= 11 is 0. The molecule has 0 spiro atoms. The van der Waals surface area contributed by atoms with Crippen LogP contribution in [0.4, 0.5) is 10.2 Å². The van der Waals surface area contributed by atoms with Crippen LogP contribution in [-0.4, -0.2) is 50.9 Å². The van der Waals surface area contributed by atoms with E-state index in [1.807, 2.05) is 37.6 Å². The van der Waals surface area contributed by atoms with Crippen molar-refractivity contribution in [3.05, 3.63) is 42.9 Å². The zero-order valence-electron chi connectivity index (χ0n) is 18.7. The van der Waals surface area contributed by atoms with Gasteiger partial charge >= 0.3 is 0 Å². The first-order chi connectivity index (χ1) is 14.6. The van der Waals surface area contributed by atoms with Crippen LogP contribution in [0.15, 0.2) is 42.9 Å². The van der Waals surface area contributed by atoms with Gasteiger partial charge in [0.05, 0.1) is 6.20 Å². The molecule has 1 fully saturated rings. The number of anilines is 1. The minimum absolute atomic E-state index is 0.155. The first-order valence-electron chi connectivity index (χ1n) is 10.7. The van der Waals surface area contributed by atoms with Gasteiger partial charge in [-0.1, -0.05) is 32.9 Å². The van der Waals surface area contributed by atoms with Gasteiger partial charge in [-0.05, 0) is 28.5 Å². The number of benzene rings is 1. The average Bonchev–Trinajstić information content (AvgIpc) is 3.14. The molecule has 0 radical (unpaired) electrons. The number of pyridine rings is 1. The normalized spacial score (nSPS) is 17.1. The summed E-state index contributed by atoms with van der Waals surface area (Å²) < 4.78 is 17.1. The zero-order chi connectivity index (χ0) is 22.2. The van der Waals surface area contributed by atoms with E-state index in [2.05, 4.69) is 41.1 Å². The highest BCUT2D eigenvalue weighted by atomic mass is 19.1. The van der Waals surface area contributed by atoms with Crippen molar-refractivity contribution in [2.45, 2.75) is 39.3 Å². The summed E-state index contributed by atoms with van der Waals surface area (Å²) in [5, 5.41) is 8.81. The average molecular weight is 424 g/mol. The molecule has 0 unspecified atom stereocenters. The molecule has 3 aromatic rings. The van der Waals surface area contributed by atoms with Crippen LogP contribution < -0.4 is 5.32 Å². The van der Waals surface area contributed by atoms with Gasteiger partial charge in [-0.15, -0.1) is 0 Å². The third-order valence-electron chi connectivity index (χ3n) is 5.76. The van der Waals surface area contributed by atoms with Crippen LogP contribution in [0.2, 0.25) is 0 Å². The van der Waals surface area contributed by atoms with Gasteiger partial charge in [0.2, 0.25) is 0 Å². The summed E-state index contributed by atoms with van der Waals surface area (Å²) in [6.07, 6.45) is 5.87. The van der Waals surface area contributed by atoms with E-state index >= 15 is 4.39 Å². The lowest BCUT2D eigenvalue weighted by Crippen LogP contribution is -2.50. The topological polar surface area (TPSA) is 63.1 Å². The highest BCUT2D eigenvalue weighted by Crippen LogP contribution is 2.30. The van der Waals surface area contributed by atoms with Gasteiger partial charge in [0.15, 0.2) is 5.67 Å². The third kappa shape index (κ3) is 4.93. The minimum Gasteiger partial charge on any atom is -0.308 e. The Morgan fingerprint density at radius 3 is 2.52 bits per heavy atom. The molecular weight excluding hydrogens is 393 g/mol. The van der Waals surface area contributed by atoms with Crippen LogP contribution in [0.25, 0.3) is 21.9 Å². The van der Waals surface area contributed by atoms with Crippen molar-refractivity contribution in [3.8, 4) is 11.1 Å². The van der Waals surface area contributed by atoms with Crippen LogP contribution in [0.1, 0.15) is 33.6 Å². The Morgan fingerprint density at radius 2 is 1.87 bits per heavy atom. The summed E-state index contributed by atoms with van der Waals surface area (Å²) in [7, 11) is 1.88. The molecule has 4 rings (SSSR count). The van der Waals surface area contributed by atoms with Crippen molar-refractivity contribution in [1.29, 1.82) is 0 Å². The Kier molecular flexibility index (Phi) is 5.56. The molecule has 0 saturated carbocycles. The minimum atomic E-state index is -1.86. The highest BCUT2D eigenvalue weighted by molar-refractivity contribution is 5.98. The van der Waals surface area contributed by atoms with Crippen molar-refractivity contribution in [1.82, 2.24) is 19.7 Å². The first kappa shape index (κ1) is 21.4. The highest BCUT2D eigenvalue weighted by Gasteiger charge is 2.42. The van der Waals surface area contributed by atoms with Gasteiger partial charge in [-0.25, -0.2) is 9.37 Å². The third-order valence-corrected chi connectivity index (χ3v) is 5.76. The molecule has 1 aromatic carbocycles. The summed E-state index contributed by atoms with van der Waals surface area (Å²) in [5.74, 6) is -0.229. The van der Waals surface area contributed by atoms with E-state index in [0.717, 1.165) is 28.4 Å². The predicted molar refractivity (Wildman–Crippen MR) is 122 cm³/mol. The molecule has 1 aliphatic rings. The summed E-state index contributed by atoms with van der Waals surface area (Å²) in [4.78, 5) is 19.3. The fourth-order valence-electron chi connectivity index (χ4n) is 4.15. The number of carbonyl (C=O) groups excluding carboxylic acids is 1. The molecule has 31 heavy (non-hydrogen) atoms. The van der Waals surface area contributed by atoms with Crippen LogP contribution in [-0.2, 0) is 11.8 Å². The summed E-state index contributed by atoms with van der Waals surface area (Å²) in [6.45, 7) is 8.57. The number of alkyl halides is 1. The summed E-state index contributed by atoms with van der Waals surface area (Å²) in [6, 6.07) is 7.82. The first-order valence-corrected chi connectivity index (χ1v) is 10.7. The Labute approximate surface area is 182 Å². The zero-order valence-corrected chi connectivity index (χ0v) is 18.7. The number of hydrogen-bond acceptors (Lipinski definition) is 4. The van der Waals surface area contributed by atoms with Crippen LogP contribution >= 0.6 is 0 Å². The molecule has 7 heteroatoms. The number of aromatic nitrogens is 3. The van der Waals surface area contributed by atoms with Crippen molar-refractivity contribution in [2.75, 3.05) is 25.0 Å². The standard InChI is InChI=1S/C24H30FN5O/c1-23(2,3)16-30-9-7-24(25,8-10-30)22(31)28-21-12-19-11-17(5-6-18(19)13-26-21)20-14-27-29(4)15-20/h5-6,11-15H,7-10,16H2,1-4H3,(H,26,28,31). The number of nitrogens with one attached hydrogen (secondary N) is 1. The number of likely N-dealkylation sites (tertiary alicyclic amines) is 1. The predicted octanol–water partition coefficient (Wildman–Crippen LogP) is 4.42. The smallest absolute Gasteiger partial charge is 0.263 e. The van der Waals surface area contributed by atoms with E-state index in [1.54, 1.807) is 16.9 Å². The maximum absolute atomic E-state index is 15.4. The lowest BCUT2D eigenvalue weighted by Gasteiger charge is -2.38. The number of fused-ring (bicyclic) bond motifs is 1. The second kappa shape index (κ2) is 8.04. The van der Waals surface area contributed by atoms with Gasteiger partial charge in [0.25, 0.3) is 5.91 Å². The molecule has 6 nitrogen and oxygen atoms in total.